The van der Waals surface area contributed by atoms with Gasteiger partial charge in [0.15, 0.2) is 11.0 Å². The second kappa shape index (κ2) is 8.09. The molecule has 1 aromatic carbocycles. The molecule has 0 fully saturated rings. The van der Waals surface area contributed by atoms with E-state index in [1.165, 1.54) is 4.68 Å². The Morgan fingerprint density at radius 1 is 1.30 bits per heavy atom. The van der Waals surface area contributed by atoms with Gasteiger partial charge in [0.25, 0.3) is 11.5 Å². The molecule has 0 aliphatic rings. The number of H-pyrrole nitrogens is 1. The molecule has 4 aromatic rings. The summed E-state index contributed by atoms with van der Waals surface area (Å²) in [7, 11) is 0. The summed E-state index contributed by atoms with van der Waals surface area (Å²) in [4.78, 5) is 30.2. The van der Waals surface area contributed by atoms with Gasteiger partial charge in [0.05, 0.1) is 27.8 Å². The number of hydrogen-bond donors (Lipinski definition) is 2. The van der Waals surface area contributed by atoms with Crippen LogP contribution in [0.25, 0.3) is 17.0 Å². The Kier molecular flexibility index (Phi) is 5.88. The van der Waals surface area contributed by atoms with Gasteiger partial charge >= 0.3 is 5.97 Å². The van der Waals surface area contributed by atoms with Crippen molar-refractivity contribution in [2.75, 3.05) is 0 Å². The van der Waals surface area contributed by atoms with Crippen LogP contribution in [0.15, 0.2) is 35.4 Å². The largest absolute Gasteiger partial charge is 0.478 e. The van der Waals surface area contributed by atoms with E-state index in [1.54, 1.807) is 25.1 Å². The maximum atomic E-state index is 14.5. The average molecular weight is 471 g/mol. The SMILES string of the molecule is C[C@@H](c1ccc(Cl)c(Cl)c1)n1nc(F)c2nc(-n3cc(C(=O)O)cn3)[nH]c(=O)c21.S. The molecule has 0 saturated carbocycles. The number of aromatic carboxylic acids is 1. The number of hydrogen-bond acceptors (Lipinski definition) is 5. The van der Waals surface area contributed by atoms with Crippen LogP contribution in [-0.4, -0.2) is 40.6 Å². The first kappa shape index (κ1) is 21.8. The highest BCUT2D eigenvalue weighted by Gasteiger charge is 2.22. The molecule has 0 saturated heterocycles. The van der Waals surface area contributed by atoms with Crippen LogP contribution in [0, 0.1) is 5.95 Å². The Bertz CT molecular complexity index is 1340. The molecular formula is C17H13Cl2FN6O3S. The minimum atomic E-state index is -1.20. The highest BCUT2D eigenvalue weighted by Crippen LogP contribution is 2.28. The van der Waals surface area contributed by atoms with Gasteiger partial charge in [-0.3, -0.25) is 9.78 Å². The molecular weight excluding hydrogens is 458 g/mol. The van der Waals surface area contributed by atoms with E-state index in [9.17, 15) is 14.0 Å². The lowest BCUT2D eigenvalue weighted by molar-refractivity contribution is 0.0697. The fourth-order valence-corrected chi connectivity index (χ4v) is 3.16. The van der Waals surface area contributed by atoms with Crippen LogP contribution in [-0.2, 0) is 0 Å². The predicted octanol–water partition coefficient (Wildman–Crippen LogP) is 3.17. The van der Waals surface area contributed by atoms with E-state index in [4.69, 9.17) is 28.3 Å². The van der Waals surface area contributed by atoms with Gasteiger partial charge in [-0.25, -0.2) is 19.1 Å². The maximum Gasteiger partial charge on any atom is 0.338 e. The van der Waals surface area contributed by atoms with Gasteiger partial charge < -0.3 is 5.11 Å². The smallest absolute Gasteiger partial charge is 0.338 e. The topological polar surface area (TPSA) is 119 Å². The number of rotatable bonds is 4. The van der Waals surface area contributed by atoms with Crippen molar-refractivity contribution in [2.45, 2.75) is 13.0 Å². The normalized spacial score (nSPS) is 12.0. The molecule has 13 heteroatoms. The van der Waals surface area contributed by atoms with Crippen LogP contribution in [0.4, 0.5) is 4.39 Å². The van der Waals surface area contributed by atoms with Crippen molar-refractivity contribution in [1.82, 2.24) is 29.5 Å². The Balaban J connectivity index is 0.00000256. The molecule has 1 atom stereocenters. The third-order valence-corrected chi connectivity index (χ3v) is 5.08. The van der Waals surface area contributed by atoms with Crippen molar-refractivity contribution in [3.63, 3.8) is 0 Å². The van der Waals surface area contributed by atoms with Crippen molar-refractivity contribution in [3.8, 4) is 5.95 Å². The molecule has 3 aromatic heterocycles. The minimum Gasteiger partial charge on any atom is -0.478 e. The lowest BCUT2D eigenvalue weighted by atomic mass is 10.1. The van der Waals surface area contributed by atoms with Gasteiger partial charge in [-0.1, -0.05) is 29.3 Å². The molecule has 3 heterocycles. The molecule has 4 rings (SSSR count). The van der Waals surface area contributed by atoms with Crippen LogP contribution < -0.4 is 5.56 Å². The molecule has 0 radical (unpaired) electrons. The lowest BCUT2D eigenvalue weighted by Crippen LogP contribution is -2.19. The number of halogens is 3. The zero-order chi connectivity index (χ0) is 20.9. The van der Waals surface area contributed by atoms with E-state index in [2.05, 4.69) is 20.2 Å². The number of nitrogens with zero attached hydrogens (tertiary/aromatic N) is 5. The second-order valence-electron chi connectivity index (χ2n) is 6.15. The average Bonchev–Trinajstić information content (AvgIpc) is 3.29. The number of carboxylic acid groups (broad SMARTS) is 1. The molecule has 0 unspecified atom stereocenters. The lowest BCUT2D eigenvalue weighted by Gasteiger charge is -2.14. The number of aromatic nitrogens is 6. The third kappa shape index (κ3) is 3.66. The summed E-state index contributed by atoms with van der Waals surface area (Å²) < 4.78 is 16.7. The number of fused-ring (bicyclic) bond motifs is 1. The monoisotopic (exact) mass is 470 g/mol. The van der Waals surface area contributed by atoms with Gasteiger partial charge in [0.1, 0.15) is 0 Å². The van der Waals surface area contributed by atoms with E-state index in [-0.39, 0.29) is 36.0 Å². The molecule has 0 aliphatic carbocycles. The number of aromatic amines is 1. The first-order chi connectivity index (χ1) is 13.8. The standard InChI is InChI=1S/C17H11Cl2FN6O3.H2S/c1-7(8-2-3-10(18)11(19)4-8)26-13-12(14(20)24-26)22-17(23-15(13)27)25-6-9(5-21-25)16(28)29;/h2-7H,1H3,(H,28,29)(H,22,23,27);1H2/t7-;/m0./s1. The summed E-state index contributed by atoms with van der Waals surface area (Å²) in [6, 6.07) is 4.34. The molecule has 0 spiro atoms. The molecule has 30 heavy (non-hydrogen) atoms. The van der Waals surface area contributed by atoms with E-state index in [0.717, 1.165) is 17.1 Å². The van der Waals surface area contributed by atoms with E-state index < -0.39 is 23.5 Å². The van der Waals surface area contributed by atoms with Crippen LogP contribution in [0.3, 0.4) is 0 Å². The minimum absolute atomic E-state index is 0. The summed E-state index contributed by atoms with van der Waals surface area (Å²) in [6.45, 7) is 1.71. The highest BCUT2D eigenvalue weighted by molar-refractivity contribution is 7.59. The molecule has 0 bridgehead atoms. The van der Waals surface area contributed by atoms with Crippen molar-refractivity contribution >= 4 is 53.7 Å². The summed E-state index contributed by atoms with van der Waals surface area (Å²) in [5.74, 6) is -2.30. The number of carbonyl (C=O) groups is 1. The van der Waals surface area contributed by atoms with Crippen LogP contribution in [0.5, 0.6) is 0 Å². The number of nitrogens with one attached hydrogen (secondary N) is 1. The van der Waals surface area contributed by atoms with Crippen LogP contribution in [0.2, 0.25) is 10.0 Å². The first-order valence-corrected chi connectivity index (χ1v) is 8.93. The number of benzene rings is 1. The summed E-state index contributed by atoms with van der Waals surface area (Å²) >= 11 is 12.0. The van der Waals surface area contributed by atoms with Gasteiger partial charge in [-0.05, 0) is 24.6 Å². The Hall–Kier alpha value is -2.89. The Morgan fingerprint density at radius 3 is 2.67 bits per heavy atom. The van der Waals surface area contributed by atoms with Crippen molar-refractivity contribution < 1.29 is 14.3 Å². The third-order valence-electron chi connectivity index (χ3n) is 4.34. The highest BCUT2D eigenvalue weighted by atomic mass is 35.5. The second-order valence-corrected chi connectivity index (χ2v) is 6.96. The summed E-state index contributed by atoms with van der Waals surface area (Å²) in [5.41, 5.74) is -0.484. The van der Waals surface area contributed by atoms with Crippen LogP contribution in [0.1, 0.15) is 28.9 Å². The van der Waals surface area contributed by atoms with E-state index >= 15 is 0 Å². The molecule has 9 nitrogen and oxygen atoms in total. The molecule has 156 valence electrons. The molecule has 0 amide bonds. The zero-order valence-corrected chi connectivity index (χ0v) is 17.6. The van der Waals surface area contributed by atoms with Gasteiger partial charge in [-0.2, -0.15) is 23.0 Å². The van der Waals surface area contributed by atoms with Crippen molar-refractivity contribution in [2.24, 2.45) is 0 Å². The molecule has 0 aliphatic heterocycles. The van der Waals surface area contributed by atoms with Crippen molar-refractivity contribution in [1.29, 1.82) is 0 Å². The molecule has 2 N–H and O–H groups in total. The van der Waals surface area contributed by atoms with Gasteiger partial charge in [0.2, 0.25) is 5.95 Å². The summed E-state index contributed by atoms with van der Waals surface area (Å²) in [5, 5.41) is 17.3. The maximum absolute atomic E-state index is 14.5. The van der Waals surface area contributed by atoms with E-state index in [1.807, 2.05) is 0 Å². The Morgan fingerprint density at radius 2 is 2.03 bits per heavy atom. The quantitative estimate of drug-likeness (QED) is 0.472. The number of carboxylic acids is 1. The van der Waals surface area contributed by atoms with Gasteiger partial charge in [0, 0.05) is 6.20 Å². The van der Waals surface area contributed by atoms with Crippen molar-refractivity contribution in [3.05, 3.63) is 68.1 Å². The van der Waals surface area contributed by atoms with Crippen LogP contribution >= 0.6 is 36.7 Å². The fraction of sp³-hybridized carbons (Fsp3) is 0.118. The first-order valence-electron chi connectivity index (χ1n) is 8.17. The summed E-state index contributed by atoms with van der Waals surface area (Å²) in [6.07, 6.45) is 2.23. The zero-order valence-electron chi connectivity index (χ0n) is 15.1. The van der Waals surface area contributed by atoms with Gasteiger partial charge in [-0.15, -0.1) is 5.10 Å². The predicted molar refractivity (Wildman–Crippen MR) is 113 cm³/mol. The Labute approximate surface area is 184 Å². The van der Waals surface area contributed by atoms with E-state index in [0.29, 0.717) is 15.6 Å². The fourth-order valence-electron chi connectivity index (χ4n) is 2.85.